The number of aromatic nitrogens is 5. The lowest BCUT2D eigenvalue weighted by molar-refractivity contribution is -0.953. The molecule has 3 aliphatic rings. The van der Waals surface area contributed by atoms with Gasteiger partial charge in [-0.3, -0.25) is 4.98 Å². The van der Waals surface area contributed by atoms with E-state index in [-0.39, 0.29) is 0 Å². The van der Waals surface area contributed by atoms with Gasteiger partial charge in [0.2, 0.25) is 0 Å². The highest BCUT2D eigenvalue weighted by Gasteiger charge is 2.63. The first-order valence-electron chi connectivity index (χ1n) is 15.1. The monoisotopic (exact) mass is 561 g/mol. The van der Waals surface area contributed by atoms with E-state index in [4.69, 9.17) is 9.72 Å². The summed E-state index contributed by atoms with van der Waals surface area (Å²) >= 11 is 0. The zero-order chi connectivity index (χ0) is 28.1. The lowest BCUT2D eigenvalue weighted by Crippen LogP contribution is -2.77. The van der Waals surface area contributed by atoms with Crippen molar-refractivity contribution < 1.29 is 13.9 Å². The third-order valence-electron chi connectivity index (χ3n) is 10.7. The highest BCUT2D eigenvalue weighted by atomic mass is 16.5. The fourth-order valence-corrected chi connectivity index (χ4v) is 9.23. The summed E-state index contributed by atoms with van der Waals surface area (Å²) in [5, 5.41) is 8.50. The Morgan fingerprint density at radius 1 is 0.568 bits per heavy atom. The van der Waals surface area contributed by atoms with Crippen molar-refractivity contribution in [1.82, 2.24) is 13.8 Å². The summed E-state index contributed by atoms with van der Waals surface area (Å²) in [7, 11) is 0. The van der Waals surface area contributed by atoms with E-state index in [1.807, 2.05) is 12.3 Å². The summed E-state index contributed by atoms with van der Waals surface area (Å²) in [6.45, 7) is 0. The molecule has 0 amide bonds. The normalized spacial score (nSPS) is 17.4. The molecule has 7 aromatic heterocycles. The molecule has 6 nitrogen and oxygen atoms in total. The van der Waals surface area contributed by atoms with E-state index in [0.717, 1.165) is 33.6 Å². The molecule has 0 saturated heterocycles. The highest BCUT2D eigenvalue weighted by molar-refractivity contribution is 6.18. The molecule has 1 unspecified atom stereocenters. The van der Waals surface area contributed by atoms with Gasteiger partial charge in [-0.1, -0.05) is 30.3 Å². The minimum atomic E-state index is -0.720. The zero-order valence-corrected chi connectivity index (χ0v) is 23.1. The Bertz CT molecular complexity index is 2880. The Labute approximate surface area is 247 Å². The van der Waals surface area contributed by atoms with Crippen LogP contribution in [0, 0.1) is 0 Å². The van der Waals surface area contributed by atoms with Crippen LogP contribution in [0.3, 0.4) is 0 Å². The summed E-state index contributed by atoms with van der Waals surface area (Å²) < 4.78 is 16.9. The quantitative estimate of drug-likeness (QED) is 0.146. The molecule has 0 aliphatic carbocycles. The van der Waals surface area contributed by atoms with E-state index < -0.39 is 5.66 Å². The number of rotatable bonds is 0. The maximum Gasteiger partial charge on any atom is 0.321 e. The van der Waals surface area contributed by atoms with E-state index >= 15 is 0 Å². The van der Waals surface area contributed by atoms with Crippen molar-refractivity contribution in [2.75, 3.05) is 0 Å². The Hall–Kier alpha value is -6.01. The average molecular weight is 562 g/mol. The Kier molecular flexibility index (Phi) is 2.99. The fraction of sp³-hybridized carbons (Fsp3) is 0.0263. The summed E-state index contributed by atoms with van der Waals surface area (Å²) in [6, 6.07) is 35.5. The summed E-state index contributed by atoms with van der Waals surface area (Å²) in [4.78, 5) is 4.91. The summed E-state index contributed by atoms with van der Waals surface area (Å²) in [6.07, 6.45) is 6.44. The summed E-state index contributed by atoms with van der Waals surface area (Å²) in [5.74, 6) is 1.78. The molecule has 0 saturated carbocycles. The van der Waals surface area contributed by atoms with Crippen LogP contribution in [0.2, 0.25) is 0 Å². The Balaban J connectivity index is 1.42. The Morgan fingerprint density at radius 3 is 1.91 bits per heavy atom. The van der Waals surface area contributed by atoms with Gasteiger partial charge in [0.25, 0.3) is 11.3 Å². The van der Waals surface area contributed by atoms with Gasteiger partial charge in [0.05, 0.1) is 23.2 Å². The molecule has 13 rings (SSSR count). The van der Waals surface area contributed by atoms with Crippen molar-refractivity contribution in [2.24, 2.45) is 0 Å². The molecule has 10 aromatic rings. The fourth-order valence-electron chi connectivity index (χ4n) is 9.23. The molecule has 3 aliphatic heterocycles. The minimum Gasteiger partial charge on any atom is -0.456 e. The molecule has 3 aromatic carbocycles. The van der Waals surface area contributed by atoms with E-state index in [1.165, 1.54) is 65.6 Å². The largest absolute Gasteiger partial charge is 0.456 e. The van der Waals surface area contributed by atoms with Crippen LogP contribution in [0.15, 0.2) is 116 Å². The number of nitrogens with zero attached hydrogens (tertiary/aromatic N) is 5. The van der Waals surface area contributed by atoms with Gasteiger partial charge in [-0.15, -0.1) is 0 Å². The first-order chi connectivity index (χ1) is 21.8. The van der Waals surface area contributed by atoms with Crippen LogP contribution in [0.4, 0.5) is 0 Å². The van der Waals surface area contributed by atoms with Crippen LogP contribution in [-0.2, 0) is 5.66 Å². The second-order valence-electron chi connectivity index (χ2n) is 12.4. The first kappa shape index (κ1) is 20.8. The molecular weight excluding hydrogens is 542 g/mol. The van der Waals surface area contributed by atoms with Gasteiger partial charge in [-0.2, -0.15) is 17.9 Å². The molecule has 0 bridgehead atoms. The SMILES string of the molecule is c1ccc2c(c1)c1ccc3c4c1n1c2cc2ccc[n+](c21)C41c2c(ccc4c5cccnc5c5cc6ccc[n+]1c6n5c24)O3. The van der Waals surface area contributed by atoms with Crippen molar-refractivity contribution in [1.29, 1.82) is 0 Å². The third kappa shape index (κ3) is 1.86. The molecule has 1 spiro atoms. The molecule has 0 N–H and O–H groups in total. The van der Waals surface area contributed by atoms with Crippen molar-refractivity contribution in [3.8, 4) is 11.5 Å². The molecular formula is C38H19N5O+2. The van der Waals surface area contributed by atoms with Crippen LogP contribution >= 0.6 is 0 Å². The van der Waals surface area contributed by atoms with E-state index in [1.54, 1.807) is 0 Å². The van der Waals surface area contributed by atoms with Crippen molar-refractivity contribution in [2.45, 2.75) is 5.66 Å². The Morgan fingerprint density at radius 2 is 1.18 bits per heavy atom. The van der Waals surface area contributed by atoms with E-state index in [2.05, 4.69) is 121 Å². The lowest BCUT2D eigenvalue weighted by atomic mass is 9.81. The number of fused-ring (bicyclic) bond motifs is 6. The average Bonchev–Trinajstić information content (AvgIpc) is 3.67. The molecule has 0 fully saturated rings. The van der Waals surface area contributed by atoms with Crippen molar-refractivity contribution >= 4 is 76.6 Å². The van der Waals surface area contributed by atoms with Crippen molar-refractivity contribution in [3.05, 3.63) is 127 Å². The van der Waals surface area contributed by atoms with Crippen LogP contribution in [0.25, 0.3) is 76.6 Å². The van der Waals surface area contributed by atoms with Gasteiger partial charge in [0, 0.05) is 39.9 Å². The minimum absolute atomic E-state index is 0.720. The van der Waals surface area contributed by atoms with Crippen molar-refractivity contribution in [3.63, 3.8) is 0 Å². The number of benzene rings is 3. The van der Waals surface area contributed by atoms with Gasteiger partial charge in [-0.25, -0.2) is 0 Å². The molecule has 1 atom stereocenters. The van der Waals surface area contributed by atoms with Gasteiger partial charge in [0.15, 0.2) is 16.6 Å². The van der Waals surface area contributed by atoms with Crippen LogP contribution in [0.1, 0.15) is 11.1 Å². The molecule has 10 heterocycles. The van der Waals surface area contributed by atoms with Crippen LogP contribution in [0.5, 0.6) is 11.5 Å². The van der Waals surface area contributed by atoms with Gasteiger partial charge < -0.3 is 4.74 Å². The second kappa shape index (κ2) is 6.33. The smallest absolute Gasteiger partial charge is 0.321 e. The summed E-state index contributed by atoms with van der Waals surface area (Å²) in [5.41, 5.74) is 9.72. The van der Waals surface area contributed by atoms with E-state index in [0.29, 0.717) is 0 Å². The number of pyridine rings is 5. The third-order valence-corrected chi connectivity index (χ3v) is 10.7. The zero-order valence-electron chi connectivity index (χ0n) is 23.1. The predicted molar refractivity (Wildman–Crippen MR) is 170 cm³/mol. The van der Waals surface area contributed by atoms with Gasteiger partial charge in [0.1, 0.15) is 33.7 Å². The maximum atomic E-state index is 6.99. The first-order valence-corrected chi connectivity index (χ1v) is 15.1. The maximum absolute atomic E-state index is 6.99. The van der Waals surface area contributed by atoms with Crippen LogP contribution < -0.4 is 13.9 Å². The van der Waals surface area contributed by atoms with Gasteiger partial charge in [-0.05, 0) is 60.0 Å². The highest BCUT2D eigenvalue weighted by Crippen LogP contribution is 2.55. The number of ether oxygens (including phenoxy) is 1. The standard InChI is InChI=1S/C38H19N5O/c1-2-9-23-22(8-1)25-11-13-29-31-34(25)42-27(23)18-20-6-4-16-40(36(20)42)38(31)32-30(44-29)14-12-26-24-10-3-15-39-33(24)28-19-21-7-5-17-41(38)37(21)43(28)35(26)32/h1-19H/q+2. The lowest BCUT2D eigenvalue weighted by Gasteiger charge is -2.39. The topological polar surface area (TPSA) is 38.7 Å². The van der Waals surface area contributed by atoms with Gasteiger partial charge >= 0.3 is 5.66 Å². The number of hydrogen-bond acceptors (Lipinski definition) is 2. The van der Waals surface area contributed by atoms with E-state index in [9.17, 15) is 0 Å². The molecule has 6 heteroatoms. The van der Waals surface area contributed by atoms with Crippen LogP contribution in [-0.4, -0.2) is 13.8 Å². The predicted octanol–water partition coefficient (Wildman–Crippen LogP) is 7.11. The second-order valence-corrected chi connectivity index (χ2v) is 12.4. The molecule has 44 heavy (non-hydrogen) atoms. The molecule has 200 valence electrons. The molecule has 0 radical (unpaired) electrons. The number of hydrogen-bond donors (Lipinski definition) is 0.